The molecule has 0 bridgehead atoms. The number of primary amides is 1. The number of aromatic amines is 1. The van der Waals surface area contributed by atoms with Crippen molar-refractivity contribution in [3.05, 3.63) is 10.5 Å². The van der Waals surface area contributed by atoms with Crippen LogP contribution in [0.4, 0.5) is 0 Å². The molecule has 1 amide bonds. The Bertz CT molecular complexity index is 551. The summed E-state index contributed by atoms with van der Waals surface area (Å²) in [5, 5.41) is 10.7. The summed E-state index contributed by atoms with van der Waals surface area (Å²) in [6.45, 7) is 5.18. The fourth-order valence-electron chi connectivity index (χ4n) is 2.96. The van der Waals surface area contributed by atoms with E-state index in [9.17, 15) is 9.59 Å². The molecule has 2 unspecified atom stereocenters. The summed E-state index contributed by atoms with van der Waals surface area (Å²) in [5.74, 6) is -0.287. The summed E-state index contributed by atoms with van der Waals surface area (Å²) in [6, 6.07) is 0. The Hall–Kier alpha value is -1.28. The van der Waals surface area contributed by atoms with Crippen LogP contribution in [-0.4, -0.2) is 38.0 Å². The molecule has 1 aromatic rings. The molecular formula is C13H23N5O2S. The highest BCUT2D eigenvalue weighted by Gasteiger charge is 2.41. The van der Waals surface area contributed by atoms with E-state index in [2.05, 4.69) is 15.5 Å². The van der Waals surface area contributed by atoms with E-state index in [4.69, 9.17) is 5.73 Å². The number of nitrogens with two attached hydrogens (primary N) is 1. The SMILES string of the molecule is CCNC1(C(N)=O)CCCC(Sc2n[nH]c(=O)n2CC)C1. The lowest BCUT2D eigenvalue weighted by molar-refractivity contribution is -0.125. The number of hydrogen-bond acceptors (Lipinski definition) is 5. The number of nitrogens with one attached hydrogen (secondary N) is 2. The molecule has 2 rings (SSSR count). The first-order valence-corrected chi connectivity index (χ1v) is 8.27. The minimum absolute atomic E-state index is 0.191. The third kappa shape index (κ3) is 3.32. The smallest absolute Gasteiger partial charge is 0.343 e. The van der Waals surface area contributed by atoms with E-state index in [1.807, 2.05) is 13.8 Å². The molecule has 1 fully saturated rings. The van der Waals surface area contributed by atoms with Crippen LogP contribution in [0, 0.1) is 0 Å². The predicted molar refractivity (Wildman–Crippen MR) is 82.2 cm³/mol. The van der Waals surface area contributed by atoms with Gasteiger partial charge in [-0.2, -0.15) is 0 Å². The number of nitrogens with zero attached hydrogens (tertiary/aromatic N) is 2. The summed E-state index contributed by atoms with van der Waals surface area (Å²) in [5.41, 5.74) is 4.80. The van der Waals surface area contributed by atoms with E-state index < -0.39 is 5.54 Å². The first kappa shape index (κ1) is 16.1. The number of carbonyl (C=O) groups is 1. The molecule has 0 aliphatic heterocycles. The van der Waals surface area contributed by atoms with Gasteiger partial charge in [-0.1, -0.05) is 18.7 Å². The highest BCUT2D eigenvalue weighted by atomic mass is 32.2. The molecule has 1 aliphatic carbocycles. The van der Waals surface area contributed by atoms with E-state index in [0.717, 1.165) is 19.3 Å². The van der Waals surface area contributed by atoms with Gasteiger partial charge in [-0.15, -0.1) is 5.10 Å². The van der Waals surface area contributed by atoms with Crippen molar-refractivity contribution in [3.8, 4) is 0 Å². The maximum absolute atomic E-state index is 11.9. The molecule has 0 spiro atoms. The van der Waals surface area contributed by atoms with E-state index in [-0.39, 0.29) is 16.8 Å². The number of amides is 1. The van der Waals surface area contributed by atoms with Crippen molar-refractivity contribution in [1.82, 2.24) is 20.1 Å². The van der Waals surface area contributed by atoms with Gasteiger partial charge in [0.1, 0.15) is 0 Å². The Morgan fingerprint density at radius 2 is 2.38 bits per heavy atom. The van der Waals surface area contributed by atoms with Crippen molar-refractivity contribution < 1.29 is 4.79 Å². The minimum atomic E-state index is -0.627. The third-order valence-corrected chi connectivity index (χ3v) is 5.26. The Morgan fingerprint density at radius 1 is 1.62 bits per heavy atom. The topological polar surface area (TPSA) is 106 Å². The zero-order chi connectivity index (χ0) is 15.5. The molecule has 118 valence electrons. The van der Waals surface area contributed by atoms with E-state index >= 15 is 0 Å². The summed E-state index contributed by atoms with van der Waals surface area (Å²) >= 11 is 1.55. The molecule has 0 radical (unpaired) electrons. The number of rotatable bonds is 6. The highest BCUT2D eigenvalue weighted by Crippen LogP contribution is 2.37. The van der Waals surface area contributed by atoms with Gasteiger partial charge in [-0.05, 0) is 39.2 Å². The first-order valence-electron chi connectivity index (χ1n) is 7.39. The number of hydrogen-bond donors (Lipinski definition) is 3. The Kier molecular flexibility index (Phi) is 5.10. The van der Waals surface area contributed by atoms with Crippen LogP contribution in [0.2, 0.25) is 0 Å². The first-order chi connectivity index (χ1) is 10.0. The van der Waals surface area contributed by atoms with Crippen molar-refractivity contribution in [2.45, 2.75) is 62.0 Å². The fraction of sp³-hybridized carbons (Fsp3) is 0.769. The molecule has 1 heterocycles. The van der Waals surface area contributed by atoms with Gasteiger partial charge in [-0.25, -0.2) is 9.89 Å². The van der Waals surface area contributed by atoms with Crippen LogP contribution in [0.5, 0.6) is 0 Å². The number of aromatic nitrogens is 3. The summed E-state index contributed by atoms with van der Waals surface area (Å²) < 4.78 is 1.61. The quantitative estimate of drug-likeness (QED) is 0.707. The van der Waals surface area contributed by atoms with Crippen LogP contribution < -0.4 is 16.7 Å². The molecule has 2 atom stereocenters. The monoisotopic (exact) mass is 313 g/mol. The normalized spacial score (nSPS) is 25.9. The summed E-state index contributed by atoms with van der Waals surface area (Å²) in [7, 11) is 0. The van der Waals surface area contributed by atoms with Crippen LogP contribution in [0.3, 0.4) is 0 Å². The zero-order valence-electron chi connectivity index (χ0n) is 12.5. The second-order valence-corrected chi connectivity index (χ2v) is 6.64. The second-order valence-electron chi connectivity index (χ2n) is 5.37. The summed E-state index contributed by atoms with van der Waals surface area (Å²) in [6.07, 6.45) is 3.38. The standard InChI is InChI=1S/C13H23N5O2S/c1-3-15-13(10(14)19)7-5-6-9(8-13)21-12-17-16-11(20)18(12)4-2/h9,15H,3-8H2,1-2H3,(H2,14,19)(H,16,20). The molecule has 0 saturated heterocycles. The van der Waals surface area contributed by atoms with Gasteiger partial charge in [0, 0.05) is 11.8 Å². The van der Waals surface area contributed by atoms with E-state index in [0.29, 0.717) is 24.7 Å². The lowest BCUT2D eigenvalue weighted by Crippen LogP contribution is -2.58. The van der Waals surface area contributed by atoms with Crippen molar-refractivity contribution in [1.29, 1.82) is 0 Å². The number of H-pyrrole nitrogens is 1. The van der Waals surface area contributed by atoms with Gasteiger partial charge in [0.05, 0.1) is 5.54 Å². The number of thioether (sulfide) groups is 1. The van der Waals surface area contributed by atoms with Gasteiger partial charge in [0.15, 0.2) is 5.16 Å². The van der Waals surface area contributed by atoms with Gasteiger partial charge in [0.2, 0.25) is 5.91 Å². The molecule has 1 aromatic heterocycles. The molecule has 1 aliphatic rings. The average Bonchev–Trinajstić information content (AvgIpc) is 2.79. The van der Waals surface area contributed by atoms with Crippen molar-refractivity contribution in [2.24, 2.45) is 5.73 Å². The van der Waals surface area contributed by atoms with Gasteiger partial charge in [-0.3, -0.25) is 9.36 Å². The molecule has 21 heavy (non-hydrogen) atoms. The number of carbonyl (C=O) groups excluding carboxylic acids is 1. The molecule has 7 nitrogen and oxygen atoms in total. The van der Waals surface area contributed by atoms with Gasteiger partial charge in [0.25, 0.3) is 0 Å². The third-order valence-electron chi connectivity index (χ3n) is 4.00. The van der Waals surface area contributed by atoms with Crippen LogP contribution in [0.25, 0.3) is 0 Å². The molecule has 8 heteroatoms. The van der Waals surface area contributed by atoms with E-state index in [1.165, 1.54) is 0 Å². The average molecular weight is 313 g/mol. The predicted octanol–water partition coefficient (Wildman–Crippen LogP) is 0.460. The van der Waals surface area contributed by atoms with Crippen LogP contribution in [0.1, 0.15) is 39.5 Å². The zero-order valence-corrected chi connectivity index (χ0v) is 13.3. The van der Waals surface area contributed by atoms with Crippen LogP contribution >= 0.6 is 11.8 Å². The van der Waals surface area contributed by atoms with Crippen molar-refractivity contribution in [3.63, 3.8) is 0 Å². The number of likely N-dealkylation sites (N-methyl/N-ethyl adjacent to an activating group) is 1. The minimum Gasteiger partial charge on any atom is -0.368 e. The second kappa shape index (κ2) is 6.65. The molecule has 0 aromatic carbocycles. The largest absolute Gasteiger partial charge is 0.368 e. The molecule has 4 N–H and O–H groups in total. The van der Waals surface area contributed by atoms with Crippen LogP contribution in [-0.2, 0) is 11.3 Å². The van der Waals surface area contributed by atoms with Crippen LogP contribution in [0.15, 0.2) is 9.95 Å². The molecule has 1 saturated carbocycles. The Labute approximate surface area is 128 Å². The fourth-order valence-corrected chi connectivity index (χ4v) is 4.34. The Balaban J connectivity index is 2.13. The highest BCUT2D eigenvalue weighted by molar-refractivity contribution is 7.99. The maximum Gasteiger partial charge on any atom is 0.343 e. The lowest BCUT2D eigenvalue weighted by Gasteiger charge is -2.38. The Morgan fingerprint density at radius 3 is 3.00 bits per heavy atom. The lowest BCUT2D eigenvalue weighted by atomic mass is 9.80. The maximum atomic E-state index is 11.9. The summed E-state index contributed by atoms with van der Waals surface area (Å²) in [4.78, 5) is 23.5. The van der Waals surface area contributed by atoms with Gasteiger partial charge < -0.3 is 11.1 Å². The van der Waals surface area contributed by atoms with Crippen molar-refractivity contribution >= 4 is 17.7 Å². The molecular weight excluding hydrogens is 290 g/mol. The van der Waals surface area contributed by atoms with E-state index in [1.54, 1.807) is 16.3 Å². The van der Waals surface area contributed by atoms with Gasteiger partial charge >= 0.3 is 5.69 Å². The van der Waals surface area contributed by atoms with Crippen molar-refractivity contribution in [2.75, 3.05) is 6.54 Å².